The summed E-state index contributed by atoms with van der Waals surface area (Å²) >= 11 is 17.8. The number of hydrogen-bond acceptors (Lipinski definition) is 4. The van der Waals surface area contributed by atoms with E-state index in [4.69, 9.17) is 35.4 Å². The number of carbonyl (C=O) groups is 2. The van der Waals surface area contributed by atoms with Gasteiger partial charge in [0.2, 0.25) is 0 Å². The van der Waals surface area contributed by atoms with Gasteiger partial charge in [0.05, 0.1) is 5.69 Å². The molecule has 0 radical (unpaired) electrons. The van der Waals surface area contributed by atoms with E-state index in [-0.39, 0.29) is 16.2 Å². The van der Waals surface area contributed by atoms with Gasteiger partial charge >= 0.3 is 0 Å². The molecule has 2 amide bonds. The maximum absolute atomic E-state index is 13.3. The van der Waals surface area contributed by atoms with E-state index in [9.17, 15) is 9.59 Å². The lowest BCUT2D eigenvalue weighted by Crippen LogP contribution is -2.54. The van der Waals surface area contributed by atoms with E-state index in [1.54, 1.807) is 24.3 Å². The van der Waals surface area contributed by atoms with Crippen LogP contribution in [0.2, 0.25) is 10.0 Å². The first-order valence-corrected chi connectivity index (χ1v) is 11.4. The van der Waals surface area contributed by atoms with Crippen molar-refractivity contribution in [1.82, 2.24) is 5.32 Å². The monoisotopic (exact) mass is 487 g/mol. The van der Waals surface area contributed by atoms with Crippen molar-refractivity contribution in [3.63, 3.8) is 0 Å². The predicted molar refractivity (Wildman–Crippen MR) is 135 cm³/mol. The Balaban J connectivity index is 1.77. The first-order valence-electron chi connectivity index (χ1n) is 10.2. The van der Waals surface area contributed by atoms with Crippen molar-refractivity contribution in [2.75, 3.05) is 16.8 Å². The molecule has 4 rings (SSSR count). The van der Waals surface area contributed by atoms with Gasteiger partial charge in [0.15, 0.2) is 5.11 Å². The molecule has 0 saturated carbocycles. The second-order valence-corrected chi connectivity index (χ2v) is 10.1. The number of halogens is 2. The summed E-state index contributed by atoms with van der Waals surface area (Å²) in [6.45, 7) is 6.59. The Kier molecular flexibility index (Phi) is 5.82. The van der Waals surface area contributed by atoms with Gasteiger partial charge in [-0.2, -0.15) is 0 Å². The molecule has 32 heavy (non-hydrogen) atoms. The zero-order valence-electron chi connectivity index (χ0n) is 18.2. The number of rotatable bonds is 2. The van der Waals surface area contributed by atoms with Gasteiger partial charge in [-0.25, -0.2) is 0 Å². The van der Waals surface area contributed by atoms with Crippen LogP contribution < -0.4 is 15.1 Å². The van der Waals surface area contributed by atoms with Crippen molar-refractivity contribution in [2.45, 2.75) is 38.6 Å². The molecule has 2 aliphatic rings. The Morgan fingerprint density at radius 2 is 1.81 bits per heavy atom. The minimum absolute atomic E-state index is 0.00370. The topological polar surface area (TPSA) is 52.7 Å². The third-order valence-corrected chi connectivity index (χ3v) is 7.10. The van der Waals surface area contributed by atoms with Gasteiger partial charge in [0.25, 0.3) is 11.8 Å². The van der Waals surface area contributed by atoms with Crippen LogP contribution in [0.15, 0.2) is 42.0 Å². The summed E-state index contributed by atoms with van der Waals surface area (Å²) < 4.78 is 0. The number of benzene rings is 2. The smallest absolute Gasteiger partial charge is 0.270 e. The standard InChI is InChI=1S/C24H23Cl2N3O2S/c1-13-12-24(2,3)28(4)20-11-19(26)14(9-17(13)20)10-18-21(30)27-23(32)29(22(18)31)16-7-5-15(25)6-8-16/h5-11,13H,12H2,1-4H3,(H,27,30,32)/b18-10-. The minimum Gasteiger partial charge on any atom is -0.369 e. The number of carbonyl (C=O) groups excluding carboxylic acids is 2. The first-order chi connectivity index (χ1) is 15.0. The molecule has 0 aliphatic carbocycles. The lowest BCUT2D eigenvalue weighted by atomic mass is 9.80. The lowest BCUT2D eigenvalue weighted by molar-refractivity contribution is -0.122. The summed E-state index contributed by atoms with van der Waals surface area (Å²) in [5.74, 6) is -0.758. The van der Waals surface area contributed by atoms with Crippen LogP contribution in [0.1, 0.15) is 44.2 Å². The van der Waals surface area contributed by atoms with Crippen molar-refractivity contribution in [3.8, 4) is 0 Å². The number of nitrogens with zero attached hydrogens (tertiary/aromatic N) is 2. The lowest BCUT2D eigenvalue weighted by Gasteiger charge is -2.45. The average Bonchev–Trinajstić information content (AvgIpc) is 2.71. The van der Waals surface area contributed by atoms with E-state index in [0.717, 1.165) is 17.7 Å². The summed E-state index contributed by atoms with van der Waals surface area (Å²) in [7, 11) is 2.06. The van der Waals surface area contributed by atoms with Crippen LogP contribution in [0.3, 0.4) is 0 Å². The molecule has 5 nitrogen and oxygen atoms in total. The minimum atomic E-state index is -0.551. The van der Waals surface area contributed by atoms with E-state index in [1.807, 2.05) is 12.1 Å². The van der Waals surface area contributed by atoms with E-state index < -0.39 is 11.8 Å². The van der Waals surface area contributed by atoms with Crippen LogP contribution in [-0.4, -0.2) is 29.5 Å². The molecule has 1 fully saturated rings. The maximum Gasteiger partial charge on any atom is 0.270 e. The molecule has 1 N–H and O–H groups in total. The first kappa shape index (κ1) is 22.8. The third-order valence-electron chi connectivity index (χ3n) is 6.24. The molecule has 0 aromatic heterocycles. The SMILES string of the molecule is CC1CC(C)(C)N(C)c2cc(Cl)c(/C=C3/C(=O)NC(=S)N(c4ccc(Cl)cc4)C3=O)cc21. The second-order valence-electron chi connectivity index (χ2n) is 8.84. The zero-order valence-corrected chi connectivity index (χ0v) is 20.5. The number of fused-ring (bicyclic) bond motifs is 1. The molecule has 0 spiro atoms. The molecule has 1 unspecified atom stereocenters. The van der Waals surface area contributed by atoms with Crippen LogP contribution in [0.5, 0.6) is 0 Å². The highest BCUT2D eigenvalue weighted by Crippen LogP contribution is 2.44. The zero-order chi connectivity index (χ0) is 23.4. The highest BCUT2D eigenvalue weighted by molar-refractivity contribution is 7.80. The van der Waals surface area contributed by atoms with Gasteiger partial charge in [-0.1, -0.05) is 30.1 Å². The third kappa shape index (κ3) is 3.91. The Morgan fingerprint density at radius 3 is 2.47 bits per heavy atom. The normalized spacial score (nSPS) is 21.6. The van der Waals surface area contributed by atoms with E-state index in [1.165, 1.54) is 11.0 Å². The van der Waals surface area contributed by atoms with Crippen molar-refractivity contribution < 1.29 is 9.59 Å². The van der Waals surface area contributed by atoms with Gasteiger partial charge in [-0.05, 0) is 92.0 Å². The molecule has 0 bridgehead atoms. The van der Waals surface area contributed by atoms with Crippen LogP contribution in [0.25, 0.3) is 6.08 Å². The van der Waals surface area contributed by atoms with Crippen molar-refractivity contribution in [2.24, 2.45) is 0 Å². The number of hydrogen-bond donors (Lipinski definition) is 1. The molecule has 2 aromatic rings. The summed E-state index contributed by atoms with van der Waals surface area (Å²) in [6.07, 6.45) is 2.52. The maximum atomic E-state index is 13.3. The number of thiocarbonyl (C=S) groups is 1. The Bertz CT molecular complexity index is 1170. The molecule has 2 heterocycles. The number of nitrogens with one attached hydrogen (secondary N) is 1. The van der Waals surface area contributed by atoms with Gasteiger partial charge in [0, 0.05) is 28.3 Å². The molecule has 1 saturated heterocycles. The second kappa shape index (κ2) is 8.18. The Labute approximate surface area is 203 Å². The molecule has 2 aromatic carbocycles. The molecular weight excluding hydrogens is 465 g/mol. The van der Waals surface area contributed by atoms with Crippen LogP contribution in [-0.2, 0) is 9.59 Å². The van der Waals surface area contributed by atoms with Crippen molar-refractivity contribution in [3.05, 3.63) is 63.1 Å². The van der Waals surface area contributed by atoms with Crippen molar-refractivity contribution >= 4 is 69.8 Å². The fourth-order valence-corrected chi connectivity index (χ4v) is 4.97. The van der Waals surface area contributed by atoms with E-state index in [0.29, 0.717) is 27.2 Å². The Morgan fingerprint density at radius 1 is 1.16 bits per heavy atom. The highest BCUT2D eigenvalue weighted by atomic mass is 35.5. The van der Waals surface area contributed by atoms with Crippen molar-refractivity contribution in [1.29, 1.82) is 0 Å². The van der Waals surface area contributed by atoms with Crippen LogP contribution in [0.4, 0.5) is 11.4 Å². The van der Waals surface area contributed by atoms with Crippen LogP contribution in [0, 0.1) is 0 Å². The quantitative estimate of drug-likeness (QED) is 0.342. The Hall–Kier alpha value is -2.41. The fourth-order valence-electron chi connectivity index (χ4n) is 4.35. The summed E-state index contributed by atoms with van der Waals surface area (Å²) in [4.78, 5) is 29.4. The summed E-state index contributed by atoms with van der Waals surface area (Å²) in [5.41, 5.74) is 3.30. The number of anilines is 2. The van der Waals surface area contributed by atoms with Gasteiger partial charge in [0.1, 0.15) is 5.57 Å². The van der Waals surface area contributed by atoms with Gasteiger partial charge in [-0.3, -0.25) is 19.8 Å². The highest BCUT2D eigenvalue weighted by Gasteiger charge is 2.36. The van der Waals surface area contributed by atoms with Crippen LogP contribution >= 0.6 is 35.4 Å². The van der Waals surface area contributed by atoms with Gasteiger partial charge < -0.3 is 4.90 Å². The largest absolute Gasteiger partial charge is 0.369 e. The average molecular weight is 488 g/mol. The van der Waals surface area contributed by atoms with E-state index >= 15 is 0 Å². The summed E-state index contributed by atoms with van der Waals surface area (Å²) in [6, 6.07) is 10.5. The molecule has 8 heteroatoms. The fraction of sp³-hybridized carbons (Fsp3) is 0.292. The molecule has 1 atom stereocenters. The molecular formula is C24H23Cl2N3O2S. The van der Waals surface area contributed by atoms with Gasteiger partial charge in [-0.15, -0.1) is 0 Å². The van der Waals surface area contributed by atoms with E-state index in [2.05, 4.69) is 38.0 Å². The summed E-state index contributed by atoms with van der Waals surface area (Å²) in [5, 5.41) is 3.62. The number of amides is 2. The molecule has 166 valence electrons. The molecule has 2 aliphatic heterocycles. The predicted octanol–water partition coefficient (Wildman–Crippen LogP) is 5.55.